The summed E-state index contributed by atoms with van der Waals surface area (Å²) in [5.74, 6) is 1.42. The maximum Gasteiger partial charge on any atom is 0.243 e. The summed E-state index contributed by atoms with van der Waals surface area (Å²) in [6.45, 7) is 8.55. The average molecular weight is 412 g/mol. The van der Waals surface area contributed by atoms with Crippen molar-refractivity contribution in [3.8, 4) is 0 Å². The van der Waals surface area contributed by atoms with Crippen LogP contribution in [0.4, 0.5) is 0 Å². The molecule has 0 unspecified atom stereocenters. The quantitative estimate of drug-likeness (QED) is 0.265. The molecule has 0 aromatic rings. The second kappa shape index (κ2) is 14.4. The molecular weight excluding hydrogens is 379 g/mol. The predicted octanol–water partition coefficient (Wildman–Crippen LogP) is 2.46. The fourth-order valence-electron chi connectivity index (χ4n) is 1.66. The lowest BCUT2D eigenvalue weighted by molar-refractivity contribution is -0.127. The summed E-state index contributed by atoms with van der Waals surface area (Å²) in [6.07, 6.45) is 4.56. The van der Waals surface area contributed by atoms with Crippen LogP contribution in [0.2, 0.25) is 0 Å². The molecule has 0 aromatic carbocycles. The van der Waals surface area contributed by atoms with Crippen molar-refractivity contribution in [2.45, 2.75) is 46.5 Å². The van der Waals surface area contributed by atoms with E-state index in [1.807, 2.05) is 0 Å². The number of hydrogen-bond acceptors (Lipinski definition) is 2. The van der Waals surface area contributed by atoms with Crippen molar-refractivity contribution in [1.29, 1.82) is 0 Å². The number of unbranched alkanes of at least 4 members (excludes halogenated alkanes) is 1. The Hall–Kier alpha value is -0.530. The smallest absolute Gasteiger partial charge is 0.243 e. The Bertz CT molecular complexity index is 291. The standard InChI is InChI=1S/C15H32N4O.HI/c1-6-9-10-16-15(17-11-13(7-2)8-3)18-12-14(20)19(4)5;/h13H,6-12H2,1-5H3,(H2,16,17,18);1H. The summed E-state index contributed by atoms with van der Waals surface area (Å²) in [5.41, 5.74) is 0. The third-order valence-electron chi connectivity index (χ3n) is 3.41. The van der Waals surface area contributed by atoms with Gasteiger partial charge >= 0.3 is 0 Å². The van der Waals surface area contributed by atoms with Gasteiger partial charge in [-0.2, -0.15) is 0 Å². The topological polar surface area (TPSA) is 56.7 Å². The lowest BCUT2D eigenvalue weighted by Gasteiger charge is -2.17. The molecule has 0 aliphatic carbocycles. The van der Waals surface area contributed by atoms with Crippen molar-refractivity contribution < 1.29 is 4.79 Å². The second-order valence-corrected chi connectivity index (χ2v) is 5.30. The van der Waals surface area contributed by atoms with Gasteiger partial charge in [-0.3, -0.25) is 4.79 Å². The number of amides is 1. The first-order valence-electron chi connectivity index (χ1n) is 7.77. The van der Waals surface area contributed by atoms with Gasteiger partial charge in [0.05, 0.1) is 0 Å². The molecule has 1 amide bonds. The molecule has 126 valence electrons. The summed E-state index contributed by atoms with van der Waals surface area (Å²) in [5, 5.41) is 6.63. The fourth-order valence-corrected chi connectivity index (χ4v) is 1.66. The van der Waals surface area contributed by atoms with Gasteiger partial charge in [-0.1, -0.05) is 40.0 Å². The number of carbonyl (C=O) groups excluding carboxylic acids is 1. The minimum absolute atomic E-state index is 0. The maximum atomic E-state index is 11.6. The molecule has 0 radical (unpaired) electrons. The minimum atomic E-state index is 0. The molecule has 0 aliphatic rings. The Morgan fingerprint density at radius 3 is 2.24 bits per heavy atom. The SMILES string of the molecule is CCCCNC(=NCC(=O)N(C)C)NCC(CC)CC.I. The first kappa shape index (κ1) is 22.7. The van der Waals surface area contributed by atoms with Gasteiger partial charge in [0.1, 0.15) is 6.54 Å². The van der Waals surface area contributed by atoms with E-state index in [0.29, 0.717) is 5.92 Å². The largest absolute Gasteiger partial charge is 0.356 e. The molecule has 0 saturated carbocycles. The van der Waals surface area contributed by atoms with Crippen LogP contribution in [0.25, 0.3) is 0 Å². The number of likely N-dealkylation sites (N-methyl/N-ethyl adjacent to an activating group) is 1. The van der Waals surface area contributed by atoms with Crippen LogP contribution in [0.1, 0.15) is 46.5 Å². The van der Waals surface area contributed by atoms with Crippen molar-refractivity contribution in [3.05, 3.63) is 0 Å². The first-order chi connectivity index (χ1) is 9.54. The van der Waals surface area contributed by atoms with Crippen LogP contribution < -0.4 is 10.6 Å². The van der Waals surface area contributed by atoms with Crippen molar-refractivity contribution >= 4 is 35.8 Å². The van der Waals surface area contributed by atoms with E-state index >= 15 is 0 Å². The number of carbonyl (C=O) groups is 1. The van der Waals surface area contributed by atoms with E-state index in [0.717, 1.165) is 44.7 Å². The van der Waals surface area contributed by atoms with E-state index in [2.05, 4.69) is 36.4 Å². The number of aliphatic imine (C=N–C) groups is 1. The number of hydrogen-bond donors (Lipinski definition) is 2. The Balaban J connectivity index is 0. The number of rotatable bonds is 9. The normalized spacial score (nSPS) is 11.0. The highest BCUT2D eigenvalue weighted by Crippen LogP contribution is 2.04. The minimum Gasteiger partial charge on any atom is -0.356 e. The van der Waals surface area contributed by atoms with Crippen LogP contribution in [0.3, 0.4) is 0 Å². The van der Waals surface area contributed by atoms with E-state index < -0.39 is 0 Å². The Labute approximate surface area is 147 Å². The molecule has 0 heterocycles. The molecule has 0 fully saturated rings. The summed E-state index contributed by atoms with van der Waals surface area (Å²) in [6, 6.07) is 0. The summed E-state index contributed by atoms with van der Waals surface area (Å²) in [7, 11) is 3.50. The molecule has 0 bridgehead atoms. The van der Waals surface area contributed by atoms with Gasteiger partial charge in [0, 0.05) is 27.2 Å². The van der Waals surface area contributed by atoms with Gasteiger partial charge in [0.2, 0.25) is 5.91 Å². The molecule has 0 spiro atoms. The van der Waals surface area contributed by atoms with E-state index in [9.17, 15) is 4.79 Å². The predicted molar refractivity (Wildman–Crippen MR) is 101 cm³/mol. The van der Waals surface area contributed by atoms with Gasteiger partial charge < -0.3 is 15.5 Å². The van der Waals surface area contributed by atoms with E-state index in [4.69, 9.17) is 0 Å². The van der Waals surface area contributed by atoms with Crippen LogP contribution >= 0.6 is 24.0 Å². The molecule has 0 rings (SSSR count). The zero-order valence-corrected chi connectivity index (χ0v) is 16.6. The van der Waals surface area contributed by atoms with Gasteiger partial charge in [0.15, 0.2) is 5.96 Å². The molecule has 5 nitrogen and oxygen atoms in total. The van der Waals surface area contributed by atoms with Crippen LogP contribution in [0.5, 0.6) is 0 Å². The zero-order valence-electron chi connectivity index (χ0n) is 14.2. The van der Waals surface area contributed by atoms with Gasteiger partial charge in [-0.05, 0) is 12.3 Å². The number of nitrogens with zero attached hydrogens (tertiary/aromatic N) is 2. The summed E-state index contributed by atoms with van der Waals surface area (Å²) >= 11 is 0. The van der Waals surface area contributed by atoms with Crippen LogP contribution in [-0.4, -0.2) is 50.5 Å². The molecule has 0 saturated heterocycles. The van der Waals surface area contributed by atoms with Gasteiger partial charge in [-0.25, -0.2) is 4.99 Å². The third-order valence-corrected chi connectivity index (χ3v) is 3.41. The molecule has 0 atom stereocenters. The highest BCUT2D eigenvalue weighted by atomic mass is 127. The Kier molecular flexibility index (Phi) is 15.6. The zero-order chi connectivity index (χ0) is 15.4. The van der Waals surface area contributed by atoms with Gasteiger partial charge in [-0.15, -0.1) is 24.0 Å². The molecule has 21 heavy (non-hydrogen) atoms. The first-order valence-corrected chi connectivity index (χ1v) is 7.77. The fraction of sp³-hybridized carbons (Fsp3) is 0.867. The van der Waals surface area contributed by atoms with Crippen molar-refractivity contribution in [2.75, 3.05) is 33.7 Å². The number of halogens is 1. The summed E-state index contributed by atoms with van der Waals surface area (Å²) in [4.78, 5) is 17.5. The lowest BCUT2D eigenvalue weighted by Crippen LogP contribution is -2.41. The van der Waals surface area contributed by atoms with Crippen LogP contribution in [-0.2, 0) is 4.79 Å². The molecule has 0 aromatic heterocycles. The van der Waals surface area contributed by atoms with Gasteiger partial charge in [0.25, 0.3) is 0 Å². The van der Waals surface area contributed by atoms with Crippen LogP contribution in [0, 0.1) is 5.92 Å². The number of nitrogens with one attached hydrogen (secondary N) is 2. The Morgan fingerprint density at radius 2 is 1.76 bits per heavy atom. The monoisotopic (exact) mass is 412 g/mol. The number of guanidine groups is 1. The second-order valence-electron chi connectivity index (χ2n) is 5.30. The molecule has 6 heteroatoms. The molecule has 0 aliphatic heterocycles. The maximum absolute atomic E-state index is 11.6. The van der Waals surface area contributed by atoms with Crippen molar-refractivity contribution in [1.82, 2.24) is 15.5 Å². The highest BCUT2D eigenvalue weighted by Gasteiger charge is 2.07. The van der Waals surface area contributed by atoms with E-state index in [-0.39, 0.29) is 36.4 Å². The van der Waals surface area contributed by atoms with E-state index in [1.165, 1.54) is 0 Å². The summed E-state index contributed by atoms with van der Waals surface area (Å²) < 4.78 is 0. The van der Waals surface area contributed by atoms with E-state index in [1.54, 1.807) is 19.0 Å². The highest BCUT2D eigenvalue weighted by molar-refractivity contribution is 14.0. The van der Waals surface area contributed by atoms with Crippen molar-refractivity contribution in [3.63, 3.8) is 0 Å². The average Bonchev–Trinajstić information content (AvgIpc) is 2.44. The van der Waals surface area contributed by atoms with Crippen LogP contribution in [0.15, 0.2) is 4.99 Å². The lowest BCUT2D eigenvalue weighted by atomic mass is 10.0. The Morgan fingerprint density at radius 1 is 1.14 bits per heavy atom. The molecule has 2 N–H and O–H groups in total. The molecular formula is C15H33IN4O. The van der Waals surface area contributed by atoms with Crippen molar-refractivity contribution in [2.24, 2.45) is 10.9 Å². The third kappa shape index (κ3) is 11.8.